The third-order valence-electron chi connectivity index (χ3n) is 6.88. The Bertz CT molecular complexity index is 1580. The average molecular weight is 500 g/mol. The average Bonchev–Trinajstić information content (AvgIpc) is 3.29. The summed E-state index contributed by atoms with van der Waals surface area (Å²) in [6.45, 7) is 6.07. The van der Waals surface area contributed by atoms with Crippen LogP contribution in [-0.4, -0.2) is 42.8 Å². The highest BCUT2D eigenvalue weighted by atomic mass is 16.2. The van der Waals surface area contributed by atoms with Crippen molar-refractivity contribution in [2.45, 2.75) is 45.8 Å². The van der Waals surface area contributed by atoms with Gasteiger partial charge in [0.15, 0.2) is 11.2 Å². The third-order valence-corrected chi connectivity index (χ3v) is 6.88. The van der Waals surface area contributed by atoms with E-state index in [1.54, 1.807) is 13.2 Å². The van der Waals surface area contributed by atoms with Crippen LogP contribution in [0.15, 0.2) is 69.9 Å². The van der Waals surface area contributed by atoms with Crippen molar-refractivity contribution in [1.29, 1.82) is 0 Å². The van der Waals surface area contributed by atoms with Gasteiger partial charge in [-0.25, -0.2) is 4.79 Å². The van der Waals surface area contributed by atoms with Crippen LogP contribution in [0, 0.1) is 0 Å². The second-order valence-corrected chi connectivity index (χ2v) is 9.96. The number of nitrogens with two attached hydrogens (primary N) is 1. The van der Waals surface area contributed by atoms with Crippen LogP contribution in [0.1, 0.15) is 32.4 Å². The van der Waals surface area contributed by atoms with Gasteiger partial charge in [0.25, 0.3) is 5.56 Å². The molecular formula is C28H33N7O2. The molecule has 0 spiro atoms. The Morgan fingerprint density at radius 3 is 2.62 bits per heavy atom. The highest BCUT2D eigenvalue weighted by molar-refractivity contribution is 5.75. The van der Waals surface area contributed by atoms with E-state index < -0.39 is 5.69 Å². The first-order valence-electron chi connectivity index (χ1n) is 12.7. The summed E-state index contributed by atoms with van der Waals surface area (Å²) in [6.07, 6.45) is 5.70. The van der Waals surface area contributed by atoms with E-state index in [-0.39, 0.29) is 18.1 Å². The van der Waals surface area contributed by atoms with Gasteiger partial charge in [-0.3, -0.25) is 18.9 Å². The molecule has 1 saturated heterocycles. The van der Waals surface area contributed by atoms with Gasteiger partial charge >= 0.3 is 5.69 Å². The molecule has 0 amide bonds. The first kappa shape index (κ1) is 24.7. The SMILES string of the molecule is CC(C)=CCn1c(N2CCCC(N)C2)nc2c1c(=O)n(Cc1cc(-c3ccccc3)ccn1)c(=O)n2C. The number of aromatic nitrogens is 5. The minimum Gasteiger partial charge on any atom is -0.341 e. The monoisotopic (exact) mass is 499 g/mol. The lowest BCUT2D eigenvalue weighted by atomic mass is 10.1. The predicted octanol–water partition coefficient (Wildman–Crippen LogP) is 2.90. The molecule has 0 saturated carbocycles. The van der Waals surface area contributed by atoms with Gasteiger partial charge < -0.3 is 15.2 Å². The van der Waals surface area contributed by atoms with Crippen LogP contribution in [-0.2, 0) is 20.1 Å². The zero-order valence-electron chi connectivity index (χ0n) is 21.6. The fourth-order valence-corrected chi connectivity index (χ4v) is 4.92. The van der Waals surface area contributed by atoms with Crippen LogP contribution < -0.4 is 21.9 Å². The number of anilines is 1. The zero-order chi connectivity index (χ0) is 26.1. The molecule has 2 N–H and O–H groups in total. The van der Waals surface area contributed by atoms with Crippen molar-refractivity contribution in [3.63, 3.8) is 0 Å². The van der Waals surface area contributed by atoms with Crippen LogP contribution in [0.5, 0.6) is 0 Å². The predicted molar refractivity (Wildman–Crippen MR) is 147 cm³/mol. The normalized spacial score (nSPS) is 15.8. The number of nitrogens with zero attached hydrogens (tertiary/aromatic N) is 6. The Morgan fingerprint density at radius 1 is 1.11 bits per heavy atom. The van der Waals surface area contributed by atoms with Crippen molar-refractivity contribution < 1.29 is 0 Å². The topological polar surface area (TPSA) is 104 Å². The van der Waals surface area contributed by atoms with Gasteiger partial charge in [0.2, 0.25) is 5.95 Å². The second-order valence-electron chi connectivity index (χ2n) is 9.96. The Balaban J connectivity index is 1.64. The van der Waals surface area contributed by atoms with Crippen molar-refractivity contribution in [3.05, 3.63) is 86.8 Å². The van der Waals surface area contributed by atoms with Crippen LogP contribution in [0.4, 0.5) is 5.95 Å². The number of hydrogen-bond donors (Lipinski definition) is 1. The number of aryl methyl sites for hydroxylation is 1. The Labute approximate surface area is 215 Å². The number of imidazole rings is 1. The highest BCUT2D eigenvalue weighted by Crippen LogP contribution is 2.24. The highest BCUT2D eigenvalue weighted by Gasteiger charge is 2.26. The van der Waals surface area contributed by atoms with E-state index >= 15 is 0 Å². The summed E-state index contributed by atoms with van der Waals surface area (Å²) in [4.78, 5) is 38.7. The summed E-state index contributed by atoms with van der Waals surface area (Å²) in [7, 11) is 1.67. The number of hydrogen-bond acceptors (Lipinski definition) is 6. The fourth-order valence-electron chi connectivity index (χ4n) is 4.92. The molecule has 4 heterocycles. The summed E-state index contributed by atoms with van der Waals surface area (Å²) >= 11 is 0. The number of fused-ring (bicyclic) bond motifs is 1. The number of piperidine rings is 1. The van der Waals surface area contributed by atoms with Crippen molar-refractivity contribution in [2.24, 2.45) is 12.8 Å². The van der Waals surface area contributed by atoms with Gasteiger partial charge in [0, 0.05) is 38.9 Å². The van der Waals surface area contributed by atoms with Crippen LogP contribution in [0.25, 0.3) is 22.3 Å². The molecule has 5 rings (SSSR count). The Hall–Kier alpha value is -3.98. The van der Waals surface area contributed by atoms with Gasteiger partial charge in [-0.15, -0.1) is 0 Å². The zero-order valence-corrected chi connectivity index (χ0v) is 21.6. The molecule has 1 aliphatic rings. The molecule has 1 aliphatic heterocycles. The van der Waals surface area contributed by atoms with Crippen LogP contribution in [0.3, 0.4) is 0 Å². The molecule has 0 aliphatic carbocycles. The fraction of sp³-hybridized carbons (Fsp3) is 0.357. The summed E-state index contributed by atoms with van der Waals surface area (Å²) in [6, 6.07) is 13.9. The summed E-state index contributed by atoms with van der Waals surface area (Å²) in [5.41, 5.74) is 10.1. The maximum Gasteiger partial charge on any atom is 0.332 e. The molecule has 1 fully saturated rings. The van der Waals surface area contributed by atoms with E-state index in [4.69, 9.17) is 10.7 Å². The Morgan fingerprint density at radius 2 is 1.89 bits per heavy atom. The lowest BCUT2D eigenvalue weighted by molar-refractivity contribution is 0.495. The molecule has 9 heteroatoms. The number of rotatable bonds is 6. The lowest BCUT2D eigenvalue weighted by Gasteiger charge is -2.31. The van der Waals surface area contributed by atoms with E-state index in [1.807, 2.05) is 60.9 Å². The number of allylic oxidation sites excluding steroid dienone is 2. The molecule has 1 aromatic carbocycles. The number of pyridine rings is 1. The van der Waals surface area contributed by atoms with E-state index in [1.165, 1.54) is 9.13 Å². The van der Waals surface area contributed by atoms with E-state index in [0.717, 1.165) is 36.1 Å². The molecule has 192 valence electrons. The van der Waals surface area contributed by atoms with Gasteiger partial charge in [-0.2, -0.15) is 4.98 Å². The van der Waals surface area contributed by atoms with Crippen LogP contribution in [0.2, 0.25) is 0 Å². The standard InChI is InChI=1S/C28H33N7O2/c1-19(2)12-15-34-24-25(31-27(34)33-14-7-10-22(29)17-33)32(3)28(37)35(26(24)36)18-23-16-21(11-13-30-23)20-8-5-4-6-9-20/h4-6,8-9,11-13,16,22H,7,10,14-15,17-18,29H2,1-3H3. The minimum absolute atomic E-state index is 0.0499. The first-order valence-corrected chi connectivity index (χ1v) is 12.7. The molecule has 37 heavy (non-hydrogen) atoms. The van der Waals surface area contributed by atoms with Gasteiger partial charge in [0.05, 0.1) is 12.2 Å². The van der Waals surface area contributed by atoms with Crippen LogP contribution >= 0.6 is 0 Å². The van der Waals surface area contributed by atoms with Gasteiger partial charge in [-0.05, 0) is 49.9 Å². The van der Waals surface area contributed by atoms with E-state index in [0.29, 0.717) is 35.9 Å². The smallest absolute Gasteiger partial charge is 0.332 e. The molecule has 4 aromatic rings. The largest absolute Gasteiger partial charge is 0.341 e. The number of benzene rings is 1. The molecule has 1 unspecified atom stereocenters. The molecular weight excluding hydrogens is 466 g/mol. The van der Waals surface area contributed by atoms with Crippen molar-refractivity contribution in [2.75, 3.05) is 18.0 Å². The summed E-state index contributed by atoms with van der Waals surface area (Å²) in [5, 5.41) is 0. The molecule has 3 aromatic heterocycles. The maximum absolute atomic E-state index is 13.9. The lowest BCUT2D eigenvalue weighted by Crippen LogP contribution is -2.44. The summed E-state index contributed by atoms with van der Waals surface area (Å²) in [5.74, 6) is 0.677. The van der Waals surface area contributed by atoms with Crippen molar-refractivity contribution in [3.8, 4) is 11.1 Å². The quantitative estimate of drug-likeness (QED) is 0.409. The summed E-state index contributed by atoms with van der Waals surface area (Å²) < 4.78 is 4.64. The van der Waals surface area contributed by atoms with Crippen molar-refractivity contribution >= 4 is 17.1 Å². The maximum atomic E-state index is 13.9. The minimum atomic E-state index is -0.418. The van der Waals surface area contributed by atoms with Crippen molar-refractivity contribution in [1.82, 2.24) is 23.7 Å². The molecule has 1 atom stereocenters. The third kappa shape index (κ3) is 4.86. The van der Waals surface area contributed by atoms with E-state index in [2.05, 4.69) is 16.0 Å². The van der Waals surface area contributed by atoms with Gasteiger partial charge in [-0.1, -0.05) is 42.0 Å². The first-order chi connectivity index (χ1) is 17.8. The second kappa shape index (κ2) is 10.2. The van der Waals surface area contributed by atoms with Gasteiger partial charge in [0.1, 0.15) is 0 Å². The molecule has 0 bridgehead atoms. The Kier molecular flexibility index (Phi) is 6.80. The van der Waals surface area contributed by atoms with E-state index in [9.17, 15) is 9.59 Å². The molecule has 9 nitrogen and oxygen atoms in total. The molecule has 0 radical (unpaired) electrons.